The quantitative estimate of drug-likeness (QED) is 0.734. The first kappa shape index (κ1) is 14.2. The lowest BCUT2D eigenvalue weighted by Crippen LogP contribution is -2.17. The van der Waals surface area contributed by atoms with E-state index in [0.29, 0.717) is 6.04 Å². The van der Waals surface area contributed by atoms with Gasteiger partial charge in [-0.3, -0.25) is 0 Å². The molecule has 2 nitrogen and oxygen atoms in total. The molecule has 0 unspecified atom stereocenters. The second kappa shape index (κ2) is 6.33. The van der Waals surface area contributed by atoms with Crippen LogP contribution in [0.5, 0.6) is 0 Å². The summed E-state index contributed by atoms with van der Waals surface area (Å²) in [4.78, 5) is 0. The van der Waals surface area contributed by atoms with Gasteiger partial charge in [-0.05, 0) is 43.8 Å². The Morgan fingerprint density at radius 1 is 1.05 bits per heavy atom. The van der Waals surface area contributed by atoms with Crippen molar-refractivity contribution >= 4 is 22.5 Å². The highest BCUT2D eigenvalue weighted by atomic mass is 35.5. The molecule has 21 heavy (non-hydrogen) atoms. The minimum absolute atomic E-state index is 0.314. The molecule has 0 bridgehead atoms. The highest BCUT2D eigenvalue weighted by Crippen LogP contribution is 2.30. The van der Waals surface area contributed by atoms with Crippen LogP contribution in [-0.4, -0.2) is 18.2 Å². The summed E-state index contributed by atoms with van der Waals surface area (Å²) in [5.41, 5.74) is 2.51. The zero-order chi connectivity index (χ0) is 14.7. The summed E-state index contributed by atoms with van der Waals surface area (Å²) in [5, 5.41) is 5.18. The van der Waals surface area contributed by atoms with Crippen LogP contribution in [0.15, 0.2) is 60.8 Å². The predicted molar refractivity (Wildman–Crippen MR) is 90.1 cm³/mol. The molecule has 0 aliphatic heterocycles. The van der Waals surface area contributed by atoms with Gasteiger partial charge < -0.3 is 9.88 Å². The van der Waals surface area contributed by atoms with Crippen LogP contribution in [-0.2, 0) is 0 Å². The molecule has 3 aromatic rings. The number of hydrogen-bond acceptors (Lipinski definition) is 1. The van der Waals surface area contributed by atoms with Crippen molar-refractivity contribution in [1.82, 2.24) is 9.88 Å². The van der Waals surface area contributed by atoms with Gasteiger partial charge in [0.2, 0.25) is 0 Å². The number of benzene rings is 2. The zero-order valence-corrected chi connectivity index (χ0v) is 12.8. The summed E-state index contributed by atoms with van der Waals surface area (Å²) in [6.45, 7) is 0.972. The maximum atomic E-state index is 6.30. The van der Waals surface area contributed by atoms with E-state index in [2.05, 4.69) is 58.5 Å². The molecule has 1 aromatic heterocycles. The number of nitrogens with one attached hydrogen (secondary N) is 1. The molecule has 3 rings (SSSR count). The normalized spacial score (nSPS) is 12.7. The van der Waals surface area contributed by atoms with E-state index in [9.17, 15) is 0 Å². The lowest BCUT2D eigenvalue weighted by atomic mass is 10.0. The summed E-state index contributed by atoms with van der Waals surface area (Å²) < 4.78 is 2.33. The Morgan fingerprint density at radius 2 is 1.86 bits per heavy atom. The van der Waals surface area contributed by atoms with E-state index in [1.165, 1.54) is 11.1 Å². The molecule has 0 aliphatic rings. The number of hydrogen-bond donors (Lipinski definition) is 1. The molecule has 3 heteroatoms. The molecule has 0 saturated heterocycles. The molecule has 1 N–H and O–H groups in total. The highest BCUT2D eigenvalue weighted by molar-refractivity contribution is 6.35. The van der Waals surface area contributed by atoms with Gasteiger partial charge >= 0.3 is 0 Å². The van der Waals surface area contributed by atoms with Crippen molar-refractivity contribution in [1.29, 1.82) is 0 Å². The first-order chi connectivity index (χ1) is 10.3. The molecular weight excluding hydrogens is 280 g/mol. The fraction of sp³-hybridized carbons (Fsp3) is 0.222. The summed E-state index contributed by atoms with van der Waals surface area (Å²) in [7, 11) is 1.99. The molecule has 0 spiro atoms. The summed E-state index contributed by atoms with van der Waals surface area (Å²) in [6.07, 6.45) is 3.18. The van der Waals surface area contributed by atoms with Crippen molar-refractivity contribution in [3.8, 4) is 0 Å². The molecule has 0 amide bonds. The molecule has 108 valence electrons. The Kier molecular flexibility index (Phi) is 4.28. The molecular formula is C18H19ClN2. The average Bonchev–Trinajstić information content (AvgIpc) is 2.94. The van der Waals surface area contributed by atoms with E-state index in [1.54, 1.807) is 0 Å². The molecule has 0 saturated carbocycles. The van der Waals surface area contributed by atoms with E-state index < -0.39 is 0 Å². The van der Waals surface area contributed by atoms with Gasteiger partial charge in [0.15, 0.2) is 0 Å². The van der Waals surface area contributed by atoms with Gasteiger partial charge in [0.05, 0.1) is 11.6 Å². The monoisotopic (exact) mass is 298 g/mol. The Hall–Kier alpha value is -1.77. The van der Waals surface area contributed by atoms with Crippen LogP contribution in [0.1, 0.15) is 18.0 Å². The fourth-order valence-corrected chi connectivity index (χ4v) is 3.08. The van der Waals surface area contributed by atoms with Crippen LogP contribution < -0.4 is 5.32 Å². The van der Waals surface area contributed by atoms with Crippen LogP contribution in [0.4, 0.5) is 0 Å². The Bertz CT molecular complexity index is 718. The largest absolute Gasteiger partial charge is 0.340 e. The second-order valence-electron chi connectivity index (χ2n) is 5.21. The van der Waals surface area contributed by atoms with Gasteiger partial charge in [0, 0.05) is 16.6 Å². The number of nitrogens with zero attached hydrogens (tertiary/aromatic N) is 1. The number of fused-ring (bicyclic) bond motifs is 1. The van der Waals surface area contributed by atoms with Crippen LogP contribution in [0.3, 0.4) is 0 Å². The molecule has 2 aromatic carbocycles. The Labute approximate surface area is 130 Å². The van der Waals surface area contributed by atoms with Gasteiger partial charge in [-0.25, -0.2) is 0 Å². The summed E-state index contributed by atoms with van der Waals surface area (Å²) in [6, 6.07) is 19.1. The third kappa shape index (κ3) is 2.82. The molecule has 1 atom stereocenters. The maximum Gasteiger partial charge on any atom is 0.0598 e. The van der Waals surface area contributed by atoms with Gasteiger partial charge in [0.1, 0.15) is 0 Å². The maximum absolute atomic E-state index is 6.30. The van der Waals surface area contributed by atoms with E-state index in [1.807, 2.05) is 19.2 Å². The Balaban J connectivity index is 2.08. The molecule has 1 heterocycles. The standard InChI is InChI=1S/C18H19ClN2/c1-20-12-10-17(14-6-3-2-4-7-14)21-13-11-15-16(19)8-5-9-18(15)21/h2-9,11,13,17,20H,10,12H2,1H3/t17-/m1/s1. The van der Waals surface area contributed by atoms with E-state index in [4.69, 9.17) is 11.6 Å². The van der Waals surface area contributed by atoms with Crippen molar-refractivity contribution in [2.45, 2.75) is 12.5 Å². The summed E-state index contributed by atoms with van der Waals surface area (Å²) >= 11 is 6.30. The highest BCUT2D eigenvalue weighted by Gasteiger charge is 2.15. The first-order valence-electron chi connectivity index (χ1n) is 7.26. The number of aromatic nitrogens is 1. The van der Waals surface area contributed by atoms with Crippen molar-refractivity contribution in [2.75, 3.05) is 13.6 Å². The number of rotatable bonds is 5. The average molecular weight is 299 g/mol. The van der Waals surface area contributed by atoms with Gasteiger partial charge in [0.25, 0.3) is 0 Å². The van der Waals surface area contributed by atoms with E-state index in [-0.39, 0.29) is 0 Å². The lowest BCUT2D eigenvalue weighted by molar-refractivity contribution is 0.539. The minimum Gasteiger partial charge on any atom is -0.340 e. The third-order valence-corrected chi connectivity index (χ3v) is 4.23. The first-order valence-corrected chi connectivity index (χ1v) is 7.63. The van der Waals surface area contributed by atoms with Crippen LogP contribution in [0.25, 0.3) is 10.9 Å². The van der Waals surface area contributed by atoms with Crippen molar-refractivity contribution in [3.63, 3.8) is 0 Å². The van der Waals surface area contributed by atoms with Gasteiger partial charge in [-0.15, -0.1) is 0 Å². The summed E-state index contributed by atoms with van der Waals surface area (Å²) in [5.74, 6) is 0. The van der Waals surface area contributed by atoms with Gasteiger partial charge in [-0.2, -0.15) is 0 Å². The second-order valence-corrected chi connectivity index (χ2v) is 5.62. The predicted octanol–water partition coefficient (Wildman–Crippen LogP) is 4.49. The van der Waals surface area contributed by atoms with Crippen LogP contribution >= 0.6 is 11.6 Å². The third-order valence-electron chi connectivity index (χ3n) is 3.90. The fourth-order valence-electron chi connectivity index (χ4n) is 2.85. The molecule has 0 aliphatic carbocycles. The van der Waals surface area contributed by atoms with Crippen molar-refractivity contribution in [2.24, 2.45) is 0 Å². The van der Waals surface area contributed by atoms with E-state index in [0.717, 1.165) is 23.4 Å². The lowest BCUT2D eigenvalue weighted by Gasteiger charge is -2.21. The smallest absolute Gasteiger partial charge is 0.0598 e. The minimum atomic E-state index is 0.314. The van der Waals surface area contributed by atoms with Crippen molar-refractivity contribution in [3.05, 3.63) is 71.4 Å². The number of halogens is 1. The molecule has 0 radical (unpaired) electrons. The molecule has 0 fully saturated rings. The van der Waals surface area contributed by atoms with Crippen LogP contribution in [0, 0.1) is 0 Å². The SMILES string of the molecule is CNCC[C@H](c1ccccc1)n1ccc2c(Cl)cccc21. The van der Waals surface area contributed by atoms with Gasteiger partial charge in [-0.1, -0.05) is 48.0 Å². The Morgan fingerprint density at radius 3 is 2.62 bits per heavy atom. The topological polar surface area (TPSA) is 17.0 Å². The van der Waals surface area contributed by atoms with E-state index >= 15 is 0 Å². The zero-order valence-electron chi connectivity index (χ0n) is 12.1. The van der Waals surface area contributed by atoms with Crippen molar-refractivity contribution < 1.29 is 0 Å². The van der Waals surface area contributed by atoms with Crippen LogP contribution in [0.2, 0.25) is 5.02 Å².